The monoisotopic (exact) mass is 386 g/mol. The smallest absolute Gasteiger partial charge is 0.0442 e. The fraction of sp³-hybridized carbons (Fsp3) is 0.455. The Morgan fingerprint density at radius 2 is 1.26 bits per heavy atom. The number of nitrogens with zero attached hydrogens (tertiary/aromatic N) is 2. The lowest BCUT2D eigenvalue weighted by Crippen LogP contribution is -2.20. The molecule has 0 unspecified atom stereocenters. The number of nitrogen functional groups attached to an aromatic ring is 2. The topological polar surface area (TPSA) is 58.5 Å². The zero-order chi connectivity index (χ0) is 19.4. The first-order valence-corrected chi connectivity index (χ1v) is 10.1. The van der Waals surface area contributed by atoms with Crippen molar-refractivity contribution in [1.82, 2.24) is 9.80 Å². The maximum atomic E-state index is 6.16. The predicted molar refractivity (Wildman–Crippen MR) is 117 cm³/mol. The van der Waals surface area contributed by atoms with Crippen LogP contribution in [0.15, 0.2) is 30.3 Å². The first kappa shape index (κ1) is 20.0. The first-order valence-electron chi connectivity index (χ1n) is 9.74. The van der Waals surface area contributed by atoms with Crippen LogP contribution in [-0.2, 0) is 25.7 Å². The lowest BCUT2D eigenvalue weighted by atomic mass is 10.0. The Bertz CT molecular complexity index is 757. The van der Waals surface area contributed by atoms with Gasteiger partial charge in [-0.3, -0.25) is 0 Å². The molecule has 2 heterocycles. The summed E-state index contributed by atoms with van der Waals surface area (Å²) in [5.74, 6) is 0. The SMILES string of the molecule is CN1CCc2c(N)ccc(Cl)c2CC1.CN1CCc2cccc(N)c2CC1. The second kappa shape index (κ2) is 8.96. The van der Waals surface area contributed by atoms with E-state index in [2.05, 4.69) is 36.0 Å². The number of nitrogens with two attached hydrogens (primary N) is 2. The lowest BCUT2D eigenvalue weighted by Gasteiger charge is -2.11. The van der Waals surface area contributed by atoms with Gasteiger partial charge in [0.15, 0.2) is 0 Å². The highest BCUT2D eigenvalue weighted by Gasteiger charge is 2.15. The molecule has 146 valence electrons. The second-order valence-electron chi connectivity index (χ2n) is 7.69. The van der Waals surface area contributed by atoms with Gasteiger partial charge in [0.1, 0.15) is 0 Å². The van der Waals surface area contributed by atoms with Gasteiger partial charge in [-0.1, -0.05) is 23.7 Å². The van der Waals surface area contributed by atoms with E-state index in [1.807, 2.05) is 18.2 Å². The fourth-order valence-corrected chi connectivity index (χ4v) is 4.16. The Morgan fingerprint density at radius 3 is 1.96 bits per heavy atom. The van der Waals surface area contributed by atoms with Crippen LogP contribution < -0.4 is 11.5 Å². The molecule has 0 spiro atoms. The summed E-state index contributed by atoms with van der Waals surface area (Å²) in [5, 5.41) is 0.865. The number of rotatable bonds is 0. The van der Waals surface area contributed by atoms with E-state index in [4.69, 9.17) is 23.1 Å². The van der Waals surface area contributed by atoms with Crippen molar-refractivity contribution in [2.24, 2.45) is 0 Å². The third-order valence-corrected chi connectivity index (χ3v) is 6.07. The van der Waals surface area contributed by atoms with Gasteiger partial charge >= 0.3 is 0 Å². The van der Waals surface area contributed by atoms with Crippen LogP contribution in [0.2, 0.25) is 5.02 Å². The van der Waals surface area contributed by atoms with Crippen LogP contribution in [0.5, 0.6) is 0 Å². The van der Waals surface area contributed by atoms with Crippen molar-refractivity contribution in [2.45, 2.75) is 25.7 Å². The van der Waals surface area contributed by atoms with Crippen LogP contribution in [0, 0.1) is 0 Å². The summed E-state index contributed by atoms with van der Waals surface area (Å²) in [4.78, 5) is 4.68. The van der Waals surface area contributed by atoms with Crippen LogP contribution in [0.1, 0.15) is 22.3 Å². The molecule has 0 amide bonds. The van der Waals surface area contributed by atoms with Gasteiger partial charge in [-0.25, -0.2) is 0 Å². The summed E-state index contributed by atoms with van der Waals surface area (Å²) < 4.78 is 0. The van der Waals surface area contributed by atoms with Crippen LogP contribution in [0.3, 0.4) is 0 Å². The van der Waals surface area contributed by atoms with E-state index >= 15 is 0 Å². The van der Waals surface area contributed by atoms with Crippen LogP contribution in [-0.4, -0.2) is 50.1 Å². The minimum atomic E-state index is 0.865. The molecule has 0 atom stereocenters. The summed E-state index contributed by atoms with van der Waals surface area (Å²) in [5.41, 5.74) is 19.0. The summed E-state index contributed by atoms with van der Waals surface area (Å²) in [6.07, 6.45) is 4.25. The van der Waals surface area contributed by atoms with Crippen LogP contribution in [0.4, 0.5) is 11.4 Å². The Kier molecular flexibility index (Phi) is 6.64. The minimum Gasteiger partial charge on any atom is -0.398 e. The fourth-order valence-electron chi connectivity index (χ4n) is 3.88. The van der Waals surface area contributed by atoms with E-state index in [1.165, 1.54) is 22.3 Å². The normalized spacial score (nSPS) is 17.7. The number of hydrogen-bond acceptors (Lipinski definition) is 4. The van der Waals surface area contributed by atoms with Crippen molar-refractivity contribution in [3.63, 3.8) is 0 Å². The Labute approximate surface area is 168 Å². The average molecular weight is 387 g/mol. The van der Waals surface area contributed by atoms with Gasteiger partial charge in [-0.15, -0.1) is 0 Å². The van der Waals surface area contributed by atoms with Gasteiger partial charge in [-0.2, -0.15) is 0 Å². The van der Waals surface area contributed by atoms with Crippen molar-refractivity contribution in [3.05, 3.63) is 57.6 Å². The van der Waals surface area contributed by atoms with Crippen molar-refractivity contribution in [2.75, 3.05) is 51.7 Å². The van der Waals surface area contributed by atoms with Crippen molar-refractivity contribution >= 4 is 23.0 Å². The van der Waals surface area contributed by atoms with Gasteiger partial charge in [0, 0.05) is 42.6 Å². The molecule has 5 heteroatoms. The molecule has 2 aliphatic rings. The third-order valence-electron chi connectivity index (χ3n) is 5.71. The number of anilines is 2. The van der Waals surface area contributed by atoms with E-state index in [1.54, 1.807) is 0 Å². The van der Waals surface area contributed by atoms with Crippen molar-refractivity contribution < 1.29 is 0 Å². The number of hydrogen-bond donors (Lipinski definition) is 2. The van der Waals surface area contributed by atoms with E-state index in [0.717, 1.165) is 68.3 Å². The van der Waals surface area contributed by atoms with Crippen LogP contribution >= 0.6 is 11.6 Å². The third kappa shape index (κ3) is 4.95. The molecular weight excluding hydrogens is 356 g/mol. The maximum absolute atomic E-state index is 6.16. The highest BCUT2D eigenvalue weighted by Crippen LogP contribution is 2.28. The van der Waals surface area contributed by atoms with Crippen molar-refractivity contribution in [3.8, 4) is 0 Å². The Hall–Kier alpha value is -1.75. The molecule has 0 radical (unpaired) electrons. The summed E-state index contributed by atoms with van der Waals surface area (Å²) in [6.45, 7) is 4.41. The summed E-state index contributed by atoms with van der Waals surface area (Å²) in [6, 6.07) is 10.1. The molecule has 0 saturated carbocycles. The van der Waals surface area contributed by atoms with E-state index in [9.17, 15) is 0 Å². The van der Waals surface area contributed by atoms with Crippen LogP contribution in [0.25, 0.3) is 0 Å². The first-order chi connectivity index (χ1) is 13.0. The van der Waals surface area contributed by atoms with Gasteiger partial charge < -0.3 is 21.3 Å². The predicted octanol–water partition coefficient (Wildman–Crippen LogP) is 3.25. The number of benzene rings is 2. The van der Waals surface area contributed by atoms with E-state index in [0.29, 0.717) is 0 Å². The van der Waals surface area contributed by atoms with Gasteiger partial charge in [0.25, 0.3) is 0 Å². The van der Waals surface area contributed by atoms with E-state index in [-0.39, 0.29) is 0 Å². The zero-order valence-corrected chi connectivity index (χ0v) is 17.2. The Morgan fingerprint density at radius 1 is 0.704 bits per heavy atom. The van der Waals surface area contributed by atoms with E-state index < -0.39 is 0 Å². The maximum Gasteiger partial charge on any atom is 0.0442 e. The van der Waals surface area contributed by atoms with Gasteiger partial charge in [0.05, 0.1) is 0 Å². The quantitative estimate of drug-likeness (QED) is 0.682. The highest BCUT2D eigenvalue weighted by molar-refractivity contribution is 6.31. The van der Waals surface area contributed by atoms with Crippen molar-refractivity contribution in [1.29, 1.82) is 0 Å². The molecule has 4 N–H and O–H groups in total. The molecule has 0 fully saturated rings. The number of likely N-dealkylation sites (N-methyl/N-ethyl adjacent to an activating group) is 2. The lowest BCUT2D eigenvalue weighted by molar-refractivity contribution is 0.352. The number of fused-ring (bicyclic) bond motifs is 2. The molecule has 0 aliphatic carbocycles. The molecule has 4 rings (SSSR count). The zero-order valence-electron chi connectivity index (χ0n) is 16.5. The molecule has 0 bridgehead atoms. The molecule has 4 nitrogen and oxygen atoms in total. The molecule has 0 saturated heterocycles. The standard InChI is InChI=1S/C11H15ClN2.C11H16N2/c1-14-6-4-8-9(5-7-14)11(13)3-2-10(8)12;1-13-7-5-9-3-2-4-11(12)10(9)6-8-13/h2-3H,4-7,13H2,1H3;2-4H,5-8,12H2,1H3. The second-order valence-corrected chi connectivity index (χ2v) is 8.09. The average Bonchev–Trinajstić information content (AvgIpc) is 2.97. The van der Waals surface area contributed by atoms with Gasteiger partial charge in [0.2, 0.25) is 0 Å². The summed E-state index contributed by atoms with van der Waals surface area (Å²) >= 11 is 6.16. The van der Waals surface area contributed by atoms with Gasteiger partial charge in [-0.05, 0) is 80.2 Å². The minimum absolute atomic E-state index is 0.865. The molecule has 2 aromatic carbocycles. The molecule has 2 aromatic rings. The Balaban J connectivity index is 0.000000156. The molecule has 2 aliphatic heterocycles. The largest absolute Gasteiger partial charge is 0.398 e. The molecule has 27 heavy (non-hydrogen) atoms. The molecular formula is C22H31ClN4. The summed E-state index contributed by atoms with van der Waals surface area (Å²) in [7, 11) is 4.30. The number of halogens is 1. The molecule has 0 aromatic heterocycles. The highest BCUT2D eigenvalue weighted by atomic mass is 35.5.